The number of hydrogen-bond donors (Lipinski definition) is 0. The molecule has 2 aromatic heterocycles. The molecule has 0 saturated carbocycles. The van der Waals surface area contributed by atoms with Gasteiger partial charge in [0.1, 0.15) is 11.0 Å². The molecule has 3 rings (SSSR count). The number of benzene rings is 1. The van der Waals surface area contributed by atoms with Crippen molar-refractivity contribution < 1.29 is 4.39 Å². The standard InChI is InChI=1S/C12H7ClFN3/c13-11-9(8-3-1-2-4-10(8)14)7-17-6-5-15-12(17)16-11/h1-7H. The molecule has 17 heavy (non-hydrogen) atoms. The fraction of sp³-hybridized carbons (Fsp3) is 0. The fourth-order valence-electron chi connectivity index (χ4n) is 1.69. The van der Waals surface area contributed by atoms with Crippen molar-refractivity contribution >= 4 is 17.4 Å². The van der Waals surface area contributed by atoms with Gasteiger partial charge in [0.05, 0.1) is 0 Å². The van der Waals surface area contributed by atoms with Crippen LogP contribution in [0.1, 0.15) is 0 Å². The van der Waals surface area contributed by atoms with Crippen LogP contribution in [-0.4, -0.2) is 14.4 Å². The monoisotopic (exact) mass is 247 g/mol. The highest BCUT2D eigenvalue weighted by molar-refractivity contribution is 6.32. The SMILES string of the molecule is Fc1ccccc1-c1cn2ccnc2nc1Cl. The maximum atomic E-state index is 13.7. The number of fused-ring (bicyclic) bond motifs is 1. The molecule has 0 bridgehead atoms. The van der Waals surface area contributed by atoms with Crippen molar-refractivity contribution in [3.63, 3.8) is 0 Å². The van der Waals surface area contributed by atoms with E-state index in [2.05, 4.69) is 9.97 Å². The molecule has 2 heterocycles. The molecule has 0 aliphatic rings. The zero-order valence-electron chi connectivity index (χ0n) is 8.64. The Morgan fingerprint density at radius 2 is 2.00 bits per heavy atom. The molecule has 3 aromatic rings. The van der Waals surface area contributed by atoms with Crippen molar-refractivity contribution in [2.75, 3.05) is 0 Å². The van der Waals surface area contributed by atoms with Crippen molar-refractivity contribution in [2.24, 2.45) is 0 Å². The molecule has 0 aliphatic carbocycles. The van der Waals surface area contributed by atoms with E-state index >= 15 is 0 Å². The molecule has 3 nitrogen and oxygen atoms in total. The van der Waals surface area contributed by atoms with E-state index in [0.29, 0.717) is 16.9 Å². The molecule has 0 aliphatic heterocycles. The van der Waals surface area contributed by atoms with Crippen molar-refractivity contribution in [1.29, 1.82) is 0 Å². The minimum absolute atomic E-state index is 0.244. The largest absolute Gasteiger partial charge is 0.290 e. The number of imidazole rings is 1. The number of nitrogens with zero attached hydrogens (tertiary/aromatic N) is 3. The average Bonchev–Trinajstić information content (AvgIpc) is 2.76. The molecule has 0 N–H and O–H groups in total. The van der Waals surface area contributed by atoms with E-state index in [9.17, 15) is 4.39 Å². The summed E-state index contributed by atoms with van der Waals surface area (Å²) in [6.07, 6.45) is 5.07. The smallest absolute Gasteiger partial charge is 0.235 e. The molecule has 0 amide bonds. The van der Waals surface area contributed by atoms with E-state index in [0.717, 1.165) is 0 Å². The van der Waals surface area contributed by atoms with Gasteiger partial charge in [-0.2, -0.15) is 4.98 Å². The molecule has 0 atom stereocenters. The molecule has 0 radical (unpaired) electrons. The van der Waals surface area contributed by atoms with Crippen molar-refractivity contribution in [1.82, 2.24) is 14.4 Å². The second-order valence-corrected chi connectivity index (χ2v) is 3.92. The fourth-order valence-corrected chi connectivity index (χ4v) is 1.92. The van der Waals surface area contributed by atoms with Gasteiger partial charge >= 0.3 is 0 Å². The zero-order valence-corrected chi connectivity index (χ0v) is 9.39. The predicted octanol–water partition coefficient (Wildman–Crippen LogP) is 3.19. The summed E-state index contributed by atoms with van der Waals surface area (Å²) in [5.74, 6) is 0.172. The Hall–Kier alpha value is -1.94. The van der Waals surface area contributed by atoms with Crippen molar-refractivity contribution in [2.45, 2.75) is 0 Å². The molecule has 84 valence electrons. The zero-order chi connectivity index (χ0) is 11.8. The Balaban J connectivity index is 2.30. The van der Waals surface area contributed by atoms with Crippen LogP contribution in [0.2, 0.25) is 5.15 Å². The minimum atomic E-state index is -0.323. The van der Waals surface area contributed by atoms with E-state index in [1.54, 1.807) is 41.2 Å². The van der Waals surface area contributed by atoms with Gasteiger partial charge in [-0.3, -0.25) is 4.40 Å². The summed E-state index contributed by atoms with van der Waals surface area (Å²) >= 11 is 6.04. The van der Waals surface area contributed by atoms with Crippen LogP contribution in [-0.2, 0) is 0 Å². The van der Waals surface area contributed by atoms with Crippen LogP contribution in [0.15, 0.2) is 42.9 Å². The number of hydrogen-bond acceptors (Lipinski definition) is 2. The van der Waals surface area contributed by atoms with Crippen LogP contribution in [0.4, 0.5) is 4.39 Å². The molecule has 5 heteroatoms. The Labute approximate surface area is 102 Å². The summed E-state index contributed by atoms with van der Waals surface area (Å²) in [4.78, 5) is 8.11. The molecule has 0 unspecified atom stereocenters. The van der Waals surface area contributed by atoms with Crippen LogP contribution in [0.5, 0.6) is 0 Å². The lowest BCUT2D eigenvalue weighted by atomic mass is 10.1. The van der Waals surface area contributed by atoms with Gasteiger partial charge in [-0.25, -0.2) is 9.37 Å². The lowest BCUT2D eigenvalue weighted by Crippen LogP contribution is -1.93. The Morgan fingerprint density at radius 3 is 2.82 bits per heavy atom. The highest BCUT2D eigenvalue weighted by Gasteiger charge is 2.11. The first-order valence-electron chi connectivity index (χ1n) is 5.00. The third-order valence-corrected chi connectivity index (χ3v) is 2.79. The summed E-state index contributed by atoms with van der Waals surface area (Å²) in [7, 11) is 0. The quantitative estimate of drug-likeness (QED) is 0.618. The third kappa shape index (κ3) is 1.66. The van der Waals surface area contributed by atoms with Crippen LogP contribution in [0, 0.1) is 5.82 Å². The maximum absolute atomic E-state index is 13.7. The molecule has 0 fully saturated rings. The van der Waals surface area contributed by atoms with Gasteiger partial charge in [0.2, 0.25) is 5.78 Å². The van der Waals surface area contributed by atoms with E-state index in [1.165, 1.54) is 6.07 Å². The highest BCUT2D eigenvalue weighted by atomic mass is 35.5. The van der Waals surface area contributed by atoms with E-state index in [1.807, 2.05) is 0 Å². The first-order chi connectivity index (χ1) is 8.25. The summed E-state index contributed by atoms with van der Waals surface area (Å²) in [5.41, 5.74) is 0.982. The predicted molar refractivity (Wildman–Crippen MR) is 63.4 cm³/mol. The lowest BCUT2D eigenvalue weighted by molar-refractivity contribution is 0.631. The van der Waals surface area contributed by atoms with E-state index in [-0.39, 0.29) is 11.0 Å². The topological polar surface area (TPSA) is 30.2 Å². The highest BCUT2D eigenvalue weighted by Crippen LogP contribution is 2.28. The third-order valence-electron chi connectivity index (χ3n) is 2.50. The van der Waals surface area contributed by atoms with Gasteiger partial charge in [0, 0.05) is 29.7 Å². The molecule has 1 aromatic carbocycles. The van der Waals surface area contributed by atoms with Crippen LogP contribution in [0.25, 0.3) is 16.9 Å². The van der Waals surface area contributed by atoms with E-state index < -0.39 is 0 Å². The first-order valence-corrected chi connectivity index (χ1v) is 5.37. The van der Waals surface area contributed by atoms with Gasteiger partial charge in [-0.1, -0.05) is 29.8 Å². The Bertz CT molecular complexity index is 693. The van der Waals surface area contributed by atoms with Gasteiger partial charge in [0.25, 0.3) is 0 Å². The summed E-state index contributed by atoms with van der Waals surface area (Å²) in [6.45, 7) is 0. The Morgan fingerprint density at radius 1 is 1.18 bits per heavy atom. The summed E-state index contributed by atoms with van der Waals surface area (Å²) in [6, 6.07) is 6.45. The number of aromatic nitrogens is 3. The van der Waals surface area contributed by atoms with Gasteiger partial charge in [-0.05, 0) is 6.07 Å². The minimum Gasteiger partial charge on any atom is -0.290 e. The van der Waals surface area contributed by atoms with E-state index in [4.69, 9.17) is 11.6 Å². The normalized spacial score (nSPS) is 10.9. The van der Waals surface area contributed by atoms with Gasteiger partial charge in [-0.15, -0.1) is 0 Å². The molecular weight excluding hydrogens is 241 g/mol. The van der Waals surface area contributed by atoms with Crippen LogP contribution < -0.4 is 0 Å². The summed E-state index contributed by atoms with van der Waals surface area (Å²) < 4.78 is 15.4. The number of rotatable bonds is 1. The molecular formula is C12H7ClFN3. The Kier molecular flexibility index (Phi) is 2.30. The second kappa shape index (κ2) is 3.82. The average molecular weight is 248 g/mol. The molecule has 0 saturated heterocycles. The van der Waals surface area contributed by atoms with Crippen LogP contribution >= 0.6 is 11.6 Å². The maximum Gasteiger partial charge on any atom is 0.235 e. The first kappa shape index (κ1) is 10.2. The van der Waals surface area contributed by atoms with Crippen LogP contribution in [0.3, 0.4) is 0 Å². The number of halogens is 2. The second-order valence-electron chi connectivity index (χ2n) is 3.56. The van der Waals surface area contributed by atoms with Gasteiger partial charge in [0.15, 0.2) is 0 Å². The van der Waals surface area contributed by atoms with Crippen molar-refractivity contribution in [3.8, 4) is 11.1 Å². The van der Waals surface area contributed by atoms with Crippen molar-refractivity contribution in [3.05, 3.63) is 53.8 Å². The molecule has 0 spiro atoms. The summed E-state index contributed by atoms with van der Waals surface area (Å²) in [5, 5.41) is 0.244. The van der Waals surface area contributed by atoms with Gasteiger partial charge < -0.3 is 0 Å². The lowest BCUT2D eigenvalue weighted by Gasteiger charge is -2.05.